The summed E-state index contributed by atoms with van der Waals surface area (Å²) >= 11 is 0. The van der Waals surface area contributed by atoms with E-state index in [1.165, 1.54) is 0 Å². The van der Waals surface area contributed by atoms with Gasteiger partial charge in [0.25, 0.3) is 0 Å². The maximum Gasteiger partial charge on any atom is 0.210 e. The Morgan fingerprint density at radius 3 is 3.06 bits per heavy atom. The number of aromatic nitrogens is 1. The van der Waals surface area contributed by atoms with Gasteiger partial charge in [0.15, 0.2) is 0 Å². The Labute approximate surface area is 94.9 Å². The second-order valence-corrected chi connectivity index (χ2v) is 4.10. The summed E-state index contributed by atoms with van der Waals surface area (Å²) < 4.78 is 0. The lowest BCUT2D eigenvalue weighted by molar-refractivity contribution is -0.122. The van der Waals surface area contributed by atoms with Crippen molar-refractivity contribution in [1.29, 1.82) is 0 Å². The van der Waals surface area contributed by atoms with E-state index in [0.717, 1.165) is 31.6 Å². The van der Waals surface area contributed by atoms with E-state index in [9.17, 15) is 4.79 Å². The number of likely N-dealkylation sites (N-methyl/N-ethyl adjacent to an activating group) is 1. The maximum absolute atomic E-state index is 11.0. The van der Waals surface area contributed by atoms with Crippen molar-refractivity contribution in [3.8, 4) is 0 Å². The molecule has 1 saturated heterocycles. The monoisotopic (exact) mass is 220 g/mol. The predicted octanol–water partition coefficient (Wildman–Crippen LogP) is 0.109. The summed E-state index contributed by atoms with van der Waals surface area (Å²) in [6.07, 6.45) is 2.56. The van der Waals surface area contributed by atoms with Crippen LogP contribution < -0.4 is 5.73 Å². The van der Waals surface area contributed by atoms with Gasteiger partial charge in [-0.3, -0.25) is 4.79 Å². The SMILES string of the molecule is CN1CCN(C=O)C(c2cccnc2N)C1. The Balaban J connectivity index is 2.29. The van der Waals surface area contributed by atoms with Crippen LogP contribution in [0.15, 0.2) is 18.3 Å². The van der Waals surface area contributed by atoms with Crippen LogP contribution in [0.5, 0.6) is 0 Å². The Kier molecular flexibility index (Phi) is 3.05. The second-order valence-electron chi connectivity index (χ2n) is 4.10. The average molecular weight is 220 g/mol. The van der Waals surface area contributed by atoms with Crippen LogP contribution in [0.25, 0.3) is 0 Å². The summed E-state index contributed by atoms with van der Waals surface area (Å²) in [5.41, 5.74) is 6.77. The number of hydrogen-bond acceptors (Lipinski definition) is 4. The van der Waals surface area contributed by atoms with Crippen LogP contribution in [-0.4, -0.2) is 47.9 Å². The number of nitrogens with zero attached hydrogens (tertiary/aromatic N) is 3. The summed E-state index contributed by atoms with van der Waals surface area (Å²) in [5, 5.41) is 0. The van der Waals surface area contributed by atoms with Crippen molar-refractivity contribution in [1.82, 2.24) is 14.8 Å². The third kappa shape index (κ3) is 1.99. The second kappa shape index (κ2) is 4.49. The number of nitrogens with two attached hydrogens (primary N) is 1. The number of nitrogen functional groups attached to an aromatic ring is 1. The first-order valence-electron chi connectivity index (χ1n) is 5.32. The highest BCUT2D eigenvalue weighted by Gasteiger charge is 2.26. The molecule has 1 unspecified atom stereocenters. The van der Waals surface area contributed by atoms with Crippen LogP contribution in [0.1, 0.15) is 11.6 Å². The Bertz CT molecular complexity index is 382. The molecule has 86 valence electrons. The van der Waals surface area contributed by atoms with Gasteiger partial charge in [-0.15, -0.1) is 0 Å². The van der Waals surface area contributed by atoms with Gasteiger partial charge < -0.3 is 15.5 Å². The summed E-state index contributed by atoms with van der Waals surface area (Å²) in [6.45, 7) is 2.43. The van der Waals surface area contributed by atoms with Gasteiger partial charge in [0.05, 0.1) is 6.04 Å². The van der Waals surface area contributed by atoms with Gasteiger partial charge in [0.2, 0.25) is 6.41 Å². The van der Waals surface area contributed by atoms with Crippen molar-refractivity contribution in [2.75, 3.05) is 32.4 Å². The third-order valence-electron chi connectivity index (χ3n) is 2.99. The van der Waals surface area contributed by atoms with Gasteiger partial charge >= 0.3 is 0 Å². The van der Waals surface area contributed by atoms with E-state index in [1.54, 1.807) is 11.1 Å². The fraction of sp³-hybridized carbons (Fsp3) is 0.455. The number of anilines is 1. The molecule has 1 fully saturated rings. The molecule has 2 N–H and O–H groups in total. The normalized spacial score (nSPS) is 22.1. The van der Waals surface area contributed by atoms with Crippen LogP contribution in [-0.2, 0) is 4.79 Å². The molecule has 2 rings (SSSR count). The van der Waals surface area contributed by atoms with Gasteiger partial charge in [-0.05, 0) is 13.1 Å². The molecule has 1 aliphatic heterocycles. The minimum absolute atomic E-state index is 0.0185. The quantitative estimate of drug-likeness (QED) is 0.718. The molecule has 1 atom stereocenters. The van der Waals surface area contributed by atoms with E-state index in [0.29, 0.717) is 5.82 Å². The molecule has 1 aromatic heterocycles. The molecule has 1 aliphatic rings. The molecule has 0 aromatic carbocycles. The highest BCUT2D eigenvalue weighted by Crippen LogP contribution is 2.26. The van der Waals surface area contributed by atoms with Gasteiger partial charge in [0, 0.05) is 31.4 Å². The van der Waals surface area contributed by atoms with E-state index in [2.05, 4.69) is 9.88 Å². The van der Waals surface area contributed by atoms with Crippen LogP contribution in [0, 0.1) is 0 Å². The van der Waals surface area contributed by atoms with Crippen LogP contribution in [0.4, 0.5) is 5.82 Å². The van der Waals surface area contributed by atoms with Gasteiger partial charge in [-0.1, -0.05) is 6.07 Å². The number of pyridine rings is 1. The molecule has 1 amide bonds. The average Bonchev–Trinajstić information content (AvgIpc) is 2.29. The molecule has 0 radical (unpaired) electrons. The highest BCUT2D eigenvalue weighted by atomic mass is 16.1. The topological polar surface area (TPSA) is 62.5 Å². The maximum atomic E-state index is 11.0. The van der Waals surface area contributed by atoms with E-state index >= 15 is 0 Å². The summed E-state index contributed by atoms with van der Waals surface area (Å²) in [7, 11) is 2.04. The van der Waals surface area contributed by atoms with Crippen LogP contribution >= 0.6 is 0 Å². The van der Waals surface area contributed by atoms with Gasteiger partial charge in [-0.2, -0.15) is 0 Å². The minimum Gasteiger partial charge on any atom is -0.383 e. The highest BCUT2D eigenvalue weighted by molar-refractivity contribution is 5.52. The van der Waals surface area contributed by atoms with Crippen molar-refractivity contribution >= 4 is 12.2 Å². The first-order chi connectivity index (χ1) is 7.72. The lowest BCUT2D eigenvalue weighted by Crippen LogP contribution is -2.46. The standard InChI is InChI=1S/C11H16N4O/c1-14-5-6-15(8-16)10(7-14)9-3-2-4-13-11(9)12/h2-4,8,10H,5-7H2,1H3,(H2,12,13). The molecular weight excluding hydrogens is 204 g/mol. The Morgan fingerprint density at radius 1 is 1.56 bits per heavy atom. The number of amides is 1. The Hall–Kier alpha value is -1.62. The van der Waals surface area contributed by atoms with Crippen molar-refractivity contribution in [3.63, 3.8) is 0 Å². The first kappa shape index (κ1) is 10.9. The fourth-order valence-electron chi connectivity index (χ4n) is 2.05. The molecule has 0 spiro atoms. The number of piperazine rings is 1. The van der Waals surface area contributed by atoms with E-state index in [-0.39, 0.29) is 6.04 Å². The largest absolute Gasteiger partial charge is 0.383 e. The predicted molar refractivity (Wildman–Crippen MR) is 61.7 cm³/mol. The van der Waals surface area contributed by atoms with E-state index < -0.39 is 0 Å². The smallest absolute Gasteiger partial charge is 0.210 e. The number of hydrogen-bond donors (Lipinski definition) is 1. The summed E-state index contributed by atoms with van der Waals surface area (Å²) in [5.74, 6) is 0.509. The van der Waals surface area contributed by atoms with Crippen molar-refractivity contribution in [2.45, 2.75) is 6.04 Å². The van der Waals surface area contributed by atoms with E-state index in [4.69, 9.17) is 5.73 Å². The zero-order valence-electron chi connectivity index (χ0n) is 9.34. The molecule has 2 heterocycles. The molecule has 16 heavy (non-hydrogen) atoms. The number of carbonyl (C=O) groups is 1. The van der Waals surface area contributed by atoms with Crippen LogP contribution in [0.3, 0.4) is 0 Å². The molecular formula is C11H16N4O. The first-order valence-corrected chi connectivity index (χ1v) is 5.32. The lowest BCUT2D eigenvalue weighted by Gasteiger charge is -2.38. The van der Waals surface area contributed by atoms with Crippen LogP contribution in [0.2, 0.25) is 0 Å². The molecule has 0 bridgehead atoms. The van der Waals surface area contributed by atoms with Gasteiger partial charge in [-0.25, -0.2) is 4.98 Å². The van der Waals surface area contributed by atoms with Crippen molar-refractivity contribution in [2.24, 2.45) is 0 Å². The molecule has 0 aliphatic carbocycles. The van der Waals surface area contributed by atoms with Crippen molar-refractivity contribution < 1.29 is 4.79 Å². The van der Waals surface area contributed by atoms with Crippen molar-refractivity contribution in [3.05, 3.63) is 23.9 Å². The zero-order chi connectivity index (χ0) is 11.5. The summed E-state index contributed by atoms with van der Waals surface area (Å²) in [4.78, 5) is 19.0. The minimum atomic E-state index is 0.0185. The molecule has 1 aromatic rings. The lowest BCUT2D eigenvalue weighted by atomic mass is 10.0. The molecule has 5 nitrogen and oxygen atoms in total. The van der Waals surface area contributed by atoms with E-state index in [1.807, 2.05) is 19.2 Å². The summed E-state index contributed by atoms with van der Waals surface area (Å²) in [6, 6.07) is 3.80. The molecule has 0 saturated carbocycles. The zero-order valence-corrected chi connectivity index (χ0v) is 9.34. The van der Waals surface area contributed by atoms with Gasteiger partial charge in [0.1, 0.15) is 5.82 Å². The number of rotatable bonds is 2. The number of carbonyl (C=O) groups excluding carboxylic acids is 1. The Morgan fingerprint density at radius 2 is 2.38 bits per heavy atom. The fourth-order valence-corrected chi connectivity index (χ4v) is 2.05. The third-order valence-corrected chi connectivity index (χ3v) is 2.99. The molecule has 5 heteroatoms.